The number of hydrogen-bond donors (Lipinski definition) is 0. The van der Waals surface area contributed by atoms with E-state index in [4.69, 9.17) is 4.74 Å². The molecule has 1 saturated carbocycles. The van der Waals surface area contributed by atoms with Gasteiger partial charge in [-0.05, 0) is 12.3 Å². The Balaban J connectivity index is 1.82. The number of piperidine rings is 1. The van der Waals surface area contributed by atoms with Crippen molar-refractivity contribution in [1.29, 1.82) is 0 Å². The maximum atomic E-state index is 11.3. The summed E-state index contributed by atoms with van der Waals surface area (Å²) in [6.07, 6.45) is 1.14. The fourth-order valence-corrected chi connectivity index (χ4v) is 1.76. The number of rotatable bonds is 3. The van der Waals surface area contributed by atoms with Gasteiger partial charge in [-0.3, -0.25) is 4.79 Å². The summed E-state index contributed by atoms with van der Waals surface area (Å²) in [7, 11) is 1.67. The number of fused-ring (bicyclic) bond motifs is 1. The van der Waals surface area contributed by atoms with E-state index in [9.17, 15) is 4.79 Å². The SMILES string of the molecule is COCCN1CC2CC2C1=O. The first kappa shape index (κ1) is 7.10. The number of carbonyl (C=O) groups excluding carboxylic acids is 1. The molecule has 1 heterocycles. The number of hydrogen-bond acceptors (Lipinski definition) is 2. The van der Waals surface area contributed by atoms with E-state index >= 15 is 0 Å². The third-order valence-corrected chi connectivity index (χ3v) is 2.57. The standard InChI is InChI=1S/C8H13NO2/c1-11-3-2-9-5-6-4-7(6)8(9)10/h6-7H,2-5H2,1H3. The van der Waals surface area contributed by atoms with Crippen LogP contribution in [0.15, 0.2) is 0 Å². The molecule has 0 aromatic rings. The van der Waals surface area contributed by atoms with Crippen LogP contribution in [0.5, 0.6) is 0 Å². The van der Waals surface area contributed by atoms with Gasteiger partial charge >= 0.3 is 0 Å². The Morgan fingerprint density at radius 3 is 3.09 bits per heavy atom. The Kier molecular flexibility index (Phi) is 1.60. The second-order valence-electron chi connectivity index (χ2n) is 3.38. The molecule has 0 spiro atoms. The van der Waals surface area contributed by atoms with Gasteiger partial charge in [-0.15, -0.1) is 0 Å². The van der Waals surface area contributed by atoms with Crippen molar-refractivity contribution >= 4 is 5.91 Å². The third-order valence-electron chi connectivity index (χ3n) is 2.57. The fourth-order valence-electron chi connectivity index (χ4n) is 1.76. The van der Waals surface area contributed by atoms with Crippen LogP contribution in [0.25, 0.3) is 0 Å². The first-order chi connectivity index (χ1) is 5.33. The Bertz CT molecular complexity index is 181. The van der Waals surface area contributed by atoms with Gasteiger partial charge in [0.2, 0.25) is 5.91 Å². The fraction of sp³-hybridized carbons (Fsp3) is 0.875. The number of ether oxygens (including phenoxy) is 1. The molecule has 0 aromatic heterocycles. The molecule has 1 amide bonds. The van der Waals surface area contributed by atoms with Crippen LogP contribution in [0.3, 0.4) is 0 Å². The minimum absolute atomic E-state index is 0.354. The van der Waals surface area contributed by atoms with Gasteiger partial charge in [0.1, 0.15) is 0 Å². The van der Waals surface area contributed by atoms with Crippen LogP contribution >= 0.6 is 0 Å². The summed E-state index contributed by atoms with van der Waals surface area (Å²) in [5, 5.41) is 0. The predicted octanol–water partition coefficient (Wildman–Crippen LogP) is 0.111. The van der Waals surface area contributed by atoms with Gasteiger partial charge < -0.3 is 9.64 Å². The van der Waals surface area contributed by atoms with Gasteiger partial charge in [0.05, 0.1) is 6.61 Å². The summed E-state index contributed by atoms with van der Waals surface area (Å²) in [6, 6.07) is 0. The number of methoxy groups -OCH3 is 1. The van der Waals surface area contributed by atoms with Crippen LogP contribution < -0.4 is 0 Å². The lowest BCUT2D eigenvalue weighted by atomic mass is 10.4. The van der Waals surface area contributed by atoms with Gasteiger partial charge in [-0.25, -0.2) is 0 Å². The van der Waals surface area contributed by atoms with E-state index < -0.39 is 0 Å². The molecule has 2 aliphatic rings. The van der Waals surface area contributed by atoms with Crippen LogP contribution in [0.2, 0.25) is 0 Å². The monoisotopic (exact) mass is 155 g/mol. The van der Waals surface area contributed by atoms with Crippen molar-refractivity contribution in [2.75, 3.05) is 26.8 Å². The van der Waals surface area contributed by atoms with E-state index in [1.807, 2.05) is 4.90 Å². The molecule has 1 aliphatic heterocycles. The van der Waals surface area contributed by atoms with E-state index in [1.54, 1.807) is 7.11 Å². The average molecular weight is 155 g/mol. The van der Waals surface area contributed by atoms with Gasteiger partial charge in [0.15, 0.2) is 0 Å². The molecule has 11 heavy (non-hydrogen) atoms. The summed E-state index contributed by atoms with van der Waals surface area (Å²) >= 11 is 0. The van der Waals surface area contributed by atoms with Crippen LogP contribution in [0.4, 0.5) is 0 Å². The molecule has 1 saturated heterocycles. The highest BCUT2D eigenvalue weighted by Crippen LogP contribution is 2.45. The minimum atomic E-state index is 0.354. The van der Waals surface area contributed by atoms with Gasteiger partial charge in [-0.1, -0.05) is 0 Å². The summed E-state index contributed by atoms with van der Waals surface area (Å²) < 4.78 is 4.91. The molecule has 3 nitrogen and oxygen atoms in total. The largest absolute Gasteiger partial charge is 0.383 e. The zero-order valence-electron chi connectivity index (χ0n) is 6.75. The first-order valence-corrected chi connectivity index (χ1v) is 4.10. The van der Waals surface area contributed by atoms with Crippen molar-refractivity contribution in [2.24, 2.45) is 11.8 Å². The molecular weight excluding hydrogens is 142 g/mol. The highest BCUT2D eigenvalue weighted by atomic mass is 16.5. The van der Waals surface area contributed by atoms with Crippen molar-refractivity contribution < 1.29 is 9.53 Å². The summed E-state index contributed by atoms with van der Waals surface area (Å²) in [5.74, 6) is 1.44. The third kappa shape index (κ3) is 1.13. The lowest BCUT2D eigenvalue weighted by Crippen LogP contribution is -2.31. The normalized spacial score (nSPS) is 34.3. The molecule has 2 fully saturated rings. The molecule has 0 aromatic carbocycles. The van der Waals surface area contributed by atoms with Gasteiger partial charge in [0.25, 0.3) is 0 Å². The summed E-state index contributed by atoms with van der Waals surface area (Å²) in [5.41, 5.74) is 0. The smallest absolute Gasteiger partial charge is 0.226 e. The second-order valence-corrected chi connectivity index (χ2v) is 3.38. The molecular formula is C8H13NO2. The zero-order chi connectivity index (χ0) is 7.84. The number of amides is 1. The Hall–Kier alpha value is -0.570. The molecule has 1 aliphatic carbocycles. The Morgan fingerprint density at radius 2 is 2.55 bits per heavy atom. The van der Waals surface area contributed by atoms with E-state index in [1.165, 1.54) is 0 Å². The van der Waals surface area contributed by atoms with E-state index in [0.29, 0.717) is 24.3 Å². The maximum absolute atomic E-state index is 11.3. The molecule has 0 bridgehead atoms. The summed E-state index contributed by atoms with van der Waals surface area (Å²) in [6.45, 7) is 2.43. The van der Waals surface area contributed by atoms with Crippen LogP contribution in [-0.2, 0) is 9.53 Å². The van der Waals surface area contributed by atoms with Crippen molar-refractivity contribution in [2.45, 2.75) is 6.42 Å². The highest BCUT2D eigenvalue weighted by molar-refractivity contribution is 5.84. The van der Waals surface area contributed by atoms with E-state index in [0.717, 1.165) is 19.5 Å². The molecule has 0 N–H and O–H groups in total. The van der Waals surface area contributed by atoms with Gasteiger partial charge in [-0.2, -0.15) is 0 Å². The van der Waals surface area contributed by atoms with E-state index in [2.05, 4.69) is 0 Å². The topological polar surface area (TPSA) is 29.5 Å². The lowest BCUT2D eigenvalue weighted by Gasteiger charge is -2.16. The maximum Gasteiger partial charge on any atom is 0.226 e. The molecule has 2 unspecified atom stereocenters. The first-order valence-electron chi connectivity index (χ1n) is 4.10. The Labute approximate surface area is 66.3 Å². The van der Waals surface area contributed by atoms with E-state index in [-0.39, 0.29) is 0 Å². The van der Waals surface area contributed by atoms with Crippen molar-refractivity contribution in [3.63, 3.8) is 0 Å². The van der Waals surface area contributed by atoms with Crippen molar-refractivity contribution in [3.05, 3.63) is 0 Å². The van der Waals surface area contributed by atoms with Crippen molar-refractivity contribution in [1.82, 2.24) is 4.90 Å². The van der Waals surface area contributed by atoms with Gasteiger partial charge in [0, 0.05) is 26.1 Å². The Morgan fingerprint density at radius 1 is 1.73 bits per heavy atom. The van der Waals surface area contributed by atoms with Crippen LogP contribution in [0, 0.1) is 11.8 Å². The molecule has 0 radical (unpaired) electrons. The number of likely N-dealkylation sites (tertiary alicyclic amines) is 1. The van der Waals surface area contributed by atoms with Crippen molar-refractivity contribution in [3.8, 4) is 0 Å². The van der Waals surface area contributed by atoms with Crippen LogP contribution in [-0.4, -0.2) is 37.6 Å². The molecule has 3 heteroatoms. The average Bonchev–Trinajstić information content (AvgIpc) is 2.70. The highest BCUT2D eigenvalue weighted by Gasteiger charge is 2.51. The molecule has 62 valence electrons. The van der Waals surface area contributed by atoms with Crippen LogP contribution in [0.1, 0.15) is 6.42 Å². The zero-order valence-corrected chi connectivity index (χ0v) is 6.75. The number of nitrogens with zero attached hydrogens (tertiary/aromatic N) is 1. The number of carbonyl (C=O) groups is 1. The molecule has 2 rings (SSSR count). The minimum Gasteiger partial charge on any atom is -0.383 e. The lowest BCUT2D eigenvalue weighted by molar-refractivity contribution is -0.130. The molecule has 2 atom stereocenters. The predicted molar refractivity (Wildman–Crippen MR) is 40.1 cm³/mol. The summed E-state index contributed by atoms with van der Waals surface area (Å²) in [4.78, 5) is 13.2. The quantitative estimate of drug-likeness (QED) is 0.579. The second kappa shape index (κ2) is 2.48.